The number of hydrogen-bond donors (Lipinski definition) is 1. The summed E-state index contributed by atoms with van der Waals surface area (Å²) in [5.41, 5.74) is 0. The molecule has 0 aromatic carbocycles. The number of ether oxygens (including phenoxy) is 1. The van der Waals surface area contributed by atoms with Crippen LogP contribution in [-0.2, 0) is 9.53 Å². The van der Waals surface area contributed by atoms with Crippen molar-refractivity contribution in [3.8, 4) is 0 Å². The zero-order chi connectivity index (χ0) is 7.56. The van der Waals surface area contributed by atoms with Gasteiger partial charge in [0, 0.05) is 13.3 Å². The van der Waals surface area contributed by atoms with E-state index in [9.17, 15) is 4.79 Å². The van der Waals surface area contributed by atoms with Gasteiger partial charge in [0.2, 0.25) is 0 Å². The summed E-state index contributed by atoms with van der Waals surface area (Å²) in [6, 6.07) is 0. The highest BCUT2D eigenvalue weighted by atomic mass is 16.5. The van der Waals surface area contributed by atoms with E-state index < -0.39 is 0 Å². The van der Waals surface area contributed by atoms with Gasteiger partial charge in [-0.25, -0.2) is 0 Å². The lowest BCUT2D eigenvalue weighted by Gasteiger charge is -2.05. The third-order valence-electron chi connectivity index (χ3n) is 1.38. The van der Waals surface area contributed by atoms with Gasteiger partial charge in [-0.15, -0.1) is 0 Å². The Morgan fingerprint density at radius 1 is 1.90 bits per heavy atom. The molecule has 1 atom stereocenters. The Labute approximate surface area is 59.3 Å². The van der Waals surface area contributed by atoms with Gasteiger partial charge in [0.25, 0.3) is 0 Å². The number of esters is 1. The van der Waals surface area contributed by atoms with Crippen molar-refractivity contribution < 1.29 is 14.6 Å². The SMILES string of the molecule is CC(=O)OC1C=C(O)CC1. The van der Waals surface area contributed by atoms with Crippen LogP contribution in [0.4, 0.5) is 0 Å². The predicted molar refractivity (Wildman–Crippen MR) is 35.5 cm³/mol. The fourth-order valence-corrected chi connectivity index (χ4v) is 0.978. The Kier molecular flexibility index (Phi) is 1.94. The first-order valence-electron chi connectivity index (χ1n) is 3.25. The third-order valence-corrected chi connectivity index (χ3v) is 1.38. The molecule has 0 fully saturated rings. The number of carbonyl (C=O) groups excluding carboxylic acids is 1. The zero-order valence-corrected chi connectivity index (χ0v) is 5.83. The van der Waals surface area contributed by atoms with Crippen LogP contribution in [0.5, 0.6) is 0 Å². The normalized spacial score (nSPS) is 24.1. The first kappa shape index (κ1) is 7.12. The number of hydrogen-bond acceptors (Lipinski definition) is 3. The quantitative estimate of drug-likeness (QED) is 0.559. The van der Waals surface area contributed by atoms with Crippen LogP contribution in [0.1, 0.15) is 19.8 Å². The van der Waals surface area contributed by atoms with Gasteiger partial charge in [0.15, 0.2) is 0 Å². The molecule has 0 amide bonds. The van der Waals surface area contributed by atoms with Gasteiger partial charge in [-0.05, 0) is 12.5 Å². The summed E-state index contributed by atoms with van der Waals surface area (Å²) in [5.74, 6) is 0.0298. The molecule has 0 heterocycles. The van der Waals surface area contributed by atoms with Gasteiger partial charge in [0.1, 0.15) is 6.10 Å². The predicted octanol–water partition coefficient (Wildman–Crippen LogP) is 1.15. The molecule has 1 N–H and O–H groups in total. The third kappa shape index (κ3) is 1.76. The standard InChI is InChI=1S/C7H10O3/c1-5(8)10-7-3-2-6(9)4-7/h4,7,9H,2-3H2,1H3. The molecule has 3 nitrogen and oxygen atoms in total. The topological polar surface area (TPSA) is 46.5 Å². The Bertz CT molecular complexity index is 172. The van der Waals surface area contributed by atoms with Crippen LogP contribution in [0.2, 0.25) is 0 Å². The van der Waals surface area contributed by atoms with Crippen LogP contribution in [0.15, 0.2) is 11.8 Å². The summed E-state index contributed by atoms with van der Waals surface area (Å²) < 4.78 is 4.81. The molecule has 0 aromatic heterocycles. The molecule has 1 aliphatic rings. The molecule has 0 aliphatic heterocycles. The minimum atomic E-state index is -0.295. The Hall–Kier alpha value is -0.990. The molecule has 10 heavy (non-hydrogen) atoms. The summed E-state index contributed by atoms with van der Waals surface area (Å²) >= 11 is 0. The molecule has 1 aliphatic carbocycles. The lowest BCUT2D eigenvalue weighted by molar-refractivity contribution is -0.144. The van der Waals surface area contributed by atoms with Crippen molar-refractivity contribution in [2.45, 2.75) is 25.9 Å². The fraction of sp³-hybridized carbons (Fsp3) is 0.571. The van der Waals surface area contributed by atoms with E-state index in [1.54, 1.807) is 6.08 Å². The summed E-state index contributed by atoms with van der Waals surface area (Å²) in [6.07, 6.45) is 2.71. The van der Waals surface area contributed by atoms with Crippen molar-refractivity contribution in [3.05, 3.63) is 11.8 Å². The minimum Gasteiger partial charge on any atom is -0.513 e. The van der Waals surface area contributed by atoms with E-state index >= 15 is 0 Å². The molecule has 0 bridgehead atoms. The van der Waals surface area contributed by atoms with Gasteiger partial charge in [-0.2, -0.15) is 0 Å². The molecule has 0 radical (unpaired) electrons. The number of aliphatic hydroxyl groups excluding tert-OH is 1. The largest absolute Gasteiger partial charge is 0.513 e. The van der Waals surface area contributed by atoms with E-state index in [4.69, 9.17) is 9.84 Å². The van der Waals surface area contributed by atoms with E-state index in [1.165, 1.54) is 6.92 Å². The second-order valence-electron chi connectivity index (χ2n) is 2.34. The molecular formula is C7H10O3. The van der Waals surface area contributed by atoms with Crippen molar-refractivity contribution in [1.82, 2.24) is 0 Å². The van der Waals surface area contributed by atoms with Crippen molar-refractivity contribution in [2.75, 3.05) is 0 Å². The van der Waals surface area contributed by atoms with Crippen LogP contribution >= 0.6 is 0 Å². The number of carbonyl (C=O) groups is 1. The van der Waals surface area contributed by atoms with Crippen LogP contribution < -0.4 is 0 Å². The Morgan fingerprint density at radius 3 is 3.00 bits per heavy atom. The molecule has 1 rings (SSSR count). The summed E-state index contributed by atoms with van der Waals surface area (Å²) in [6.45, 7) is 1.36. The molecule has 56 valence electrons. The highest BCUT2D eigenvalue weighted by Gasteiger charge is 2.16. The van der Waals surface area contributed by atoms with Gasteiger partial charge >= 0.3 is 5.97 Å². The van der Waals surface area contributed by atoms with Gasteiger partial charge in [0.05, 0.1) is 5.76 Å². The van der Waals surface area contributed by atoms with Crippen LogP contribution in [0, 0.1) is 0 Å². The van der Waals surface area contributed by atoms with Crippen LogP contribution in [0.3, 0.4) is 0 Å². The molecule has 0 saturated carbocycles. The van der Waals surface area contributed by atoms with E-state index in [2.05, 4.69) is 0 Å². The van der Waals surface area contributed by atoms with Crippen LogP contribution in [0.25, 0.3) is 0 Å². The fourth-order valence-electron chi connectivity index (χ4n) is 0.978. The monoisotopic (exact) mass is 142 g/mol. The summed E-state index contributed by atoms with van der Waals surface area (Å²) in [7, 11) is 0. The van der Waals surface area contributed by atoms with Crippen LogP contribution in [-0.4, -0.2) is 17.2 Å². The van der Waals surface area contributed by atoms with Gasteiger partial charge in [-0.1, -0.05) is 0 Å². The molecule has 3 heteroatoms. The molecule has 1 unspecified atom stereocenters. The first-order valence-corrected chi connectivity index (χ1v) is 3.25. The maximum absolute atomic E-state index is 10.4. The van der Waals surface area contributed by atoms with E-state index in [0.29, 0.717) is 18.6 Å². The van der Waals surface area contributed by atoms with E-state index in [0.717, 1.165) is 0 Å². The van der Waals surface area contributed by atoms with Crippen molar-refractivity contribution in [3.63, 3.8) is 0 Å². The average molecular weight is 142 g/mol. The lowest BCUT2D eigenvalue weighted by Crippen LogP contribution is -2.10. The van der Waals surface area contributed by atoms with Crippen molar-refractivity contribution in [2.24, 2.45) is 0 Å². The molecule has 0 aromatic rings. The molecular weight excluding hydrogens is 132 g/mol. The molecule has 0 saturated heterocycles. The van der Waals surface area contributed by atoms with Crippen molar-refractivity contribution >= 4 is 5.97 Å². The highest BCUT2D eigenvalue weighted by Crippen LogP contribution is 2.18. The first-order chi connectivity index (χ1) is 4.68. The van der Waals surface area contributed by atoms with E-state index in [1.807, 2.05) is 0 Å². The van der Waals surface area contributed by atoms with E-state index in [-0.39, 0.29) is 12.1 Å². The summed E-state index contributed by atoms with van der Waals surface area (Å²) in [5, 5.41) is 8.88. The summed E-state index contributed by atoms with van der Waals surface area (Å²) in [4.78, 5) is 10.4. The maximum atomic E-state index is 10.4. The maximum Gasteiger partial charge on any atom is 0.303 e. The van der Waals surface area contributed by atoms with Gasteiger partial charge < -0.3 is 9.84 Å². The van der Waals surface area contributed by atoms with Gasteiger partial charge in [-0.3, -0.25) is 4.79 Å². The average Bonchev–Trinajstić information content (AvgIpc) is 2.13. The Balaban J connectivity index is 2.38. The number of aliphatic hydroxyl groups is 1. The van der Waals surface area contributed by atoms with Crippen molar-refractivity contribution in [1.29, 1.82) is 0 Å². The number of rotatable bonds is 1. The molecule has 0 spiro atoms. The number of allylic oxidation sites excluding steroid dienone is 1. The minimum absolute atomic E-state index is 0.197. The zero-order valence-electron chi connectivity index (χ0n) is 5.83. The smallest absolute Gasteiger partial charge is 0.303 e. The second kappa shape index (κ2) is 2.73. The second-order valence-corrected chi connectivity index (χ2v) is 2.34. The highest BCUT2D eigenvalue weighted by molar-refractivity contribution is 5.66. The Morgan fingerprint density at radius 2 is 2.60 bits per heavy atom. The lowest BCUT2D eigenvalue weighted by atomic mass is 10.3.